The Morgan fingerprint density at radius 3 is 2.56 bits per heavy atom. The van der Waals surface area contributed by atoms with Crippen LogP contribution in [0.4, 0.5) is 0 Å². The van der Waals surface area contributed by atoms with E-state index in [1.54, 1.807) is 0 Å². The molecule has 0 aromatic carbocycles. The van der Waals surface area contributed by atoms with Gasteiger partial charge in [-0.2, -0.15) is 11.8 Å². The van der Waals surface area contributed by atoms with Gasteiger partial charge in [0.1, 0.15) is 0 Å². The van der Waals surface area contributed by atoms with Gasteiger partial charge in [-0.25, -0.2) is 0 Å². The van der Waals surface area contributed by atoms with E-state index < -0.39 is 0 Å². The molecule has 0 bridgehead atoms. The minimum absolute atomic E-state index is 0.286. The maximum atomic E-state index is 12.1. The van der Waals surface area contributed by atoms with Crippen molar-refractivity contribution >= 4 is 17.7 Å². The molecule has 3 nitrogen and oxygen atoms in total. The Balaban J connectivity index is 1.72. The van der Waals surface area contributed by atoms with E-state index in [0.717, 1.165) is 13.1 Å². The van der Waals surface area contributed by atoms with Gasteiger partial charge < -0.3 is 10.2 Å². The van der Waals surface area contributed by atoms with Crippen LogP contribution >= 0.6 is 11.8 Å². The summed E-state index contributed by atoms with van der Waals surface area (Å²) >= 11 is 1.98. The molecule has 0 radical (unpaired) electrons. The van der Waals surface area contributed by atoms with Crippen molar-refractivity contribution < 1.29 is 4.79 Å². The van der Waals surface area contributed by atoms with Gasteiger partial charge in [0.15, 0.2) is 0 Å². The summed E-state index contributed by atoms with van der Waals surface area (Å²) in [6.07, 6.45) is 9.91. The van der Waals surface area contributed by atoms with E-state index in [-0.39, 0.29) is 5.91 Å². The largest absolute Gasteiger partial charge is 0.339 e. The number of amides is 1. The Hall–Kier alpha value is -0.220. The van der Waals surface area contributed by atoms with Gasteiger partial charge in [0.2, 0.25) is 5.91 Å². The first-order chi connectivity index (χ1) is 8.71. The first-order valence-electron chi connectivity index (χ1n) is 7.26. The molecule has 0 atom stereocenters. The number of hydrogen-bond donors (Lipinski definition) is 1. The van der Waals surface area contributed by atoms with Gasteiger partial charge in [0.25, 0.3) is 0 Å². The summed E-state index contributed by atoms with van der Waals surface area (Å²) in [4.78, 5) is 14.1. The highest BCUT2D eigenvalue weighted by Crippen LogP contribution is 2.39. The molecule has 2 aliphatic rings. The highest BCUT2D eigenvalue weighted by molar-refractivity contribution is 8.00. The van der Waals surface area contributed by atoms with E-state index in [0.29, 0.717) is 17.3 Å². The smallest absolute Gasteiger partial charge is 0.236 e. The van der Waals surface area contributed by atoms with Crippen LogP contribution in [-0.2, 0) is 4.79 Å². The van der Waals surface area contributed by atoms with Gasteiger partial charge in [-0.3, -0.25) is 4.79 Å². The monoisotopic (exact) mass is 270 g/mol. The van der Waals surface area contributed by atoms with Gasteiger partial charge in [-0.1, -0.05) is 12.8 Å². The number of carbonyl (C=O) groups excluding carboxylic acids is 1. The zero-order valence-corrected chi connectivity index (χ0v) is 12.5. The average molecular weight is 270 g/mol. The molecule has 1 N–H and O–H groups in total. The van der Waals surface area contributed by atoms with Gasteiger partial charge in [-0.15, -0.1) is 0 Å². The van der Waals surface area contributed by atoms with Crippen LogP contribution in [0.5, 0.6) is 0 Å². The molecule has 2 rings (SSSR count). The Morgan fingerprint density at radius 2 is 2.06 bits per heavy atom. The quantitative estimate of drug-likeness (QED) is 0.770. The molecule has 4 heteroatoms. The van der Waals surface area contributed by atoms with E-state index in [1.165, 1.54) is 38.5 Å². The molecule has 0 saturated heterocycles. The van der Waals surface area contributed by atoms with Crippen molar-refractivity contribution in [1.29, 1.82) is 0 Å². The van der Waals surface area contributed by atoms with Gasteiger partial charge in [0.05, 0.1) is 6.54 Å². The van der Waals surface area contributed by atoms with Crippen LogP contribution in [0, 0.1) is 0 Å². The highest BCUT2D eigenvalue weighted by atomic mass is 32.2. The lowest BCUT2D eigenvalue weighted by atomic mass is 10.1. The van der Waals surface area contributed by atoms with E-state index in [4.69, 9.17) is 0 Å². The number of nitrogens with zero attached hydrogens (tertiary/aromatic N) is 1. The summed E-state index contributed by atoms with van der Waals surface area (Å²) in [6.45, 7) is 4.45. The van der Waals surface area contributed by atoms with Crippen LogP contribution in [0.25, 0.3) is 0 Å². The summed E-state index contributed by atoms with van der Waals surface area (Å²) in [5, 5.41) is 3.40. The summed E-state index contributed by atoms with van der Waals surface area (Å²) in [5.74, 6) is 0.286. The Bertz CT molecular complexity index is 286. The van der Waals surface area contributed by atoms with E-state index in [9.17, 15) is 4.79 Å². The second-order valence-electron chi connectivity index (χ2n) is 5.61. The molecule has 104 valence electrons. The molecular weight excluding hydrogens is 244 g/mol. The van der Waals surface area contributed by atoms with Crippen LogP contribution in [-0.4, -0.2) is 47.5 Å². The minimum atomic E-state index is 0.286. The van der Waals surface area contributed by atoms with Crippen molar-refractivity contribution in [3.05, 3.63) is 0 Å². The van der Waals surface area contributed by atoms with Crippen molar-refractivity contribution in [2.45, 2.75) is 56.2 Å². The van der Waals surface area contributed by atoms with Crippen molar-refractivity contribution in [1.82, 2.24) is 10.2 Å². The highest BCUT2D eigenvalue weighted by Gasteiger charge is 2.34. The Morgan fingerprint density at radius 1 is 1.39 bits per heavy atom. The molecule has 0 heterocycles. The summed E-state index contributed by atoms with van der Waals surface area (Å²) in [5.41, 5.74) is 0. The number of rotatable bonds is 7. The van der Waals surface area contributed by atoms with Gasteiger partial charge in [0, 0.05) is 23.9 Å². The van der Waals surface area contributed by atoms with Crippen LogP contribution in [0.1, 0.15) is 45.4 Å². The van der Waals surface area contributed by atoms with Crippen LogP contribution in [0.3, 0.4) is 0 Å². The number of hydrogen-bond acceptors (Lipinski definition) is 3. The number of likely N-dealkylation sites (N-methyl/N-ethyl adjacent to an activating group) is 1. The Kier molecular flexibility index (Phi) is 4.96. The molecule has 2 fully saturated rings. The molecule has 0 aromatic heterocycles. The molecule has 0 aliphatic heterocycles. The predicted octanol–water partition coefficient (Wildman–Crippen LogP) is 2.26. The second kappa shape index (κ2) is 6.29. The fourth-order valence-electron chi connectivity index (χ4n) is 3.00. The summed E-state index contributed by atoms with van der Waals surface area (Å²) < 4.78 is 0.400. The lowest BCUT2D eigenvalue weighted by Crippen LogP contribution is -2.43. The van der Waals surface area contributed by atoms with Crippen molar-refractivity contribution in [3.8, 4) is 0 Å². The van der Waals surface area contributed by atoms with Crippen molar-refractivity contribution in [2.75, 3.05) is 25.9 Å². The van der Waals surface area contributed by atoms with E-state index in [2.05, 4.69) is 18.5 Å². The first kappa shape index (κ1) is 14.2. The zero-order chi connectivity index (χ0) is 13.0. The number of carbonyl (C=O) groups is 1. The standard InChI is InChI=1S/C14H26N2OS/c1-3-16(12-6-7-12)13(17)10-15-11-14(18-2)8-4-5-9-14/h12,15H,3-11H2,1-2H3. The van der Waals surface area contributed by atoms with Gasteiger partial charge >= 0.3 is 0 Å². The maximum absolute atomic E-state index is 12.1. The van der Waals surface area contributed by atoms with Crippen LogP contribution in [0.2, 0.25) is 0 Å². The van der Waals surface area contributed by atoms with Crippen molar-refractivity contribution in [3.63, 3.8) is 0 Å². The normalized spacial score (nSPS) is 22.1. The molecule has 18 heavy (non-hydrogen) atoms. The van der Waals surface area contributed by atoms with Crippen LogP contribution in [0.15, 0.2) is 0 Å². The predicted molar refractivity (Wildman–Crippen MR) is 78.0 cm³/mol. The third-order valence-electron chi connectivity index (χ3n) is 4.32. The van der Waals surface area contributed by atoms with Crippen molar-refractivity contribution in [2.24, 2.45) is 0 Å². The Labute approximate surface area is 115 Å². The summed E-state index contributed by atoms with van der Waals surface area (Å²) in [7, 11) is 0. The summed E-state index contributed by atoms with van der Waals surface area (Å²) in [6, 6.07) is 0.547. The zero-order valence-electron chi connectivity index (χ0n) is 11.7. The molecule has 0 spiro atoms. The molecule has 2 saturated carbocycles. The number of thioether (sulfide) groups is 1. The average Bonchev–Trinajstić information content (AvgIpc) is 3.09. The van der Waals surface area contributed by atoms with E-state index in [1.807, 2.05) is 16.7 Å². The lowest BCUT2D eigenvalue weighted by Gasteiger charge is -2.28. The fraction of sp³-hybridized carbons (Fsp3) is 0.929. The molecule has 0 aromatic rings. The third-order valence-corrected chi connectivity index (χ3v) is 5.74. The molecule has 2 aliphatic carbocycles. The van der Waals surface area contributed by atoms with E-state index >= 15 is 0 Å². The number of nitrogens with one attached hydrogen (secondary N) is 1. The third kappa shape index (κ3) is 3.41. The fourth-order valence-corrected chi connectivity index (χ4v) is 3.94. The first-order valence-corrected chi connectivity index (χ1v) is 8.48. The maximum Gasteiger partial charge on any atom is 0.236 e. The lowest BCUT2D eigenvalue weighted by molar-refractivity contribution is -0.130. The molecule has 0 unspecified atom stereocenters. The van der Waals surface area contributed by atoms with Crippen LogP contribution < -0.4 is 5.32 Å². The molecule has 1 amide bonds. The topological polar surface area (TPSA) is 32.3 Å². The second-order valence-corrected chi connectivity index (χ2v) is 6.88. The molecular formula is C14H26N2OS. The van der Waals surface area contributed by atoms with Gasteiger partial charge in [-0.05, 0) is 38.9 Å². The minimum Gasteiger partial charge on any atom is -0.339 e. The SMILES string of the molecule is CCN(C(=O)CNCC1(SC)CCCC1)C1CC1.